The molecule has 1 unspecified atom stereocenters. The van der Waals surface area contributed by atoms with E-state index in [-0.39, 0.29) is 5.91 Å². The van der Waals surface area contributed by atoms with E-state index in [1.165, 1.54) is 0 Å². The van der Waals surface area contributed by atoms with E-state index < -0.39 is 5.38 Å². The zero-order valence-electron chi connectivity index (χ0n) is 8.87. The lowest BCUT2D eigenvalue weighted by Crippen LogP contribution is -2.32. The summed E-state index contributed by atoms with van der Waals surface area (Å²) < 4.78 is 6.42. The molecule has 0 aliphatic rings. The van der Waals surface area contributed by atoms with Gasteiger partial charge in [-0.3, -0.25) is 4.79 Å². The molecule has 1 aromatic carbocycles. The molecule has 0 radical (unpaired) electrons. The fraction of sp³-hybridized carbons (Fsp3) is 0.364. The van der Waals surface area contributed by atoms with Gasteiger partial charge in [-0.15, -0.1) is 11.6 Å². The molecule has 1 aromatic rings. The summed E-state index contributed by atoms with van der Waals surface area (Å²) in [6.07, 6.45) is 0. The molecule has 1 N–H and O–H groups in total. The number of rotatable bonds is 5. The quantitative estimate of drug-likeness (QED) is 0.671. The smallest absolute Gasteiger partial charge is 0.237 e. The largest absolute Gasteiger partial charge is 0.492 e. The lowest BCUT2D eigenvalue weighted by Gasteiger charge is -2.08. The molecule has 16 heavy (non-hydrogen) atoms. The Kier molecular flexibility index (Phi) is 5.63. The molecule has 0 saturated carbocycles. The van der Waals surface area contributed by atoms with Gasteiger partial charge in [-0.05, 0) is 31.2 Å². The number of nitrogens with one attached hydrogen (secondary N) is 1. The number of ether oxygens (including phenoxy) is 1. The maximum Gasteiger partial charge on any atom is 0.237 e. The molecule has 0 saturated heterocycles. The van der Waals surface area contributed by atoms with Crippen LogP contribution in [-0.2, 0) is 4.79 Å². The van der Waals surface area contributed by atoms with E-state index in [1.54, 1.807) is 6.92 Å². The van der Waals surface area contributed by atoms with Crippen LogP contribution in [0.4, 0.5) is 0 Å². The van der Waals surface area contributed by atoms with Crippen molar-refractivity contribution in [3.05, 3.63) is 28.7 Å². The van der Waals surface area contributed by atoms with E-state index in [0.29, 0.717) is 13.2 Å². The first-order chi connectivity index (χ1) is 7.59. The van der Waals surface area contributed by atoms with Crippen molar-refractivity contribution in [3.8, 4) is 5.75 Å². The highest BCUT2D eigenvalue weighted by Crippen LogP contribution is 2.15. The highest BCUT2D eigenvalue weighted by Gasteiger charge is 2.07. The highest BCUT2D eigenvalue weighted by atomic mass is 79.9. The lowest BCUT2D eigenvalue weighted by molar-refractivity contribution is -0.120. The summed E-state index contributed by atoms with van der Waals surface area (Å²) in [4.78, 5) is 11.1. The number of amides is 1. The Morgan fingerprint density at radius 3 is 2.69 bits per heavy atom. The molecular weight excluding hydrogens is 293 g/mol. The number of benzene rings is 1. The van der Waals surface area contributed by atoms with E-state index >= 15 is 0 Å². The van der Waals surface area contributed by atoms with Crippen LogP contribution in [0.5, 0.6) is 5.75 Å². The summed E-state index contributed by atoms with van der Waals surface area (Å²) in [5.74, 6) is 0.595. The molecule has 0 bridgehead atoms. The maximum atomic E-state index is 11.1. The summed E-state index contributed by atoms with van der Waals surface area (Å²) >= 11 is 8.92. The first-order valence-electron chi connectivity index (χ1n) is 4.90. The number of carbonyl (C=O) groups excluding carboxylic acids is 1. The lowest BCUT2D eigenvalue weighted by atomic mass is 10.3. The monoisotopic (exact) mass is 305 g/mol. The van der Waals surface area contributed by atoms with E-state index in [4.69, 9.17) is 16.3 Å². The average Bonchev–Trinajstić information content (AvgIpc) is 2.26. The van der Waals surface area contributed by atoms with Crippen LogP contribution >= 0.6 is 27.5 Å². The van der Waals surface area contributed by atoms with Crippen LogP contribution in [0.15, 0.2) is 28.7 Å². The first kappa shape index (κ1) is 13.3. The molecule has 1 atom stereocenters. The Morgan fingerprint density at radius 1 is 1.50 bits per heavy atom. The van der Waals surface area contributed by atoms with Crippen LogP contribution in [0, 0.1) is 0 Å². The Morgan fingerprint density at radius 2 is 2.12 bits per heavy atom. The second-order valence-electron chi connectivity index (χ2n) is 3.21. The normalized spacial score (nSPS) is 11.9. The van der Waals surface area contributed by atoms with Crippen LogP contribution in [0.3, 0.4) is 0 Å². The van der Waals surface area contributed by atoms with Gasteiger partial charge in [0.1, 0.15) is 17.7 Å². The number of carbonyl (C=O) groups is 1. The number of alkyl halides is 1. The van der Waals surface area contributed by atoms with Gasteiger partial charge >= 0.3 is 0 Å². The molecule has 0 heterocycles. The van der Waals surface area contributed by atoms with E-state index in [9.17, 15) is 4.79 Å². The van der Waals surface area contributed by atoms with E-state index in [1.807, 2.05) is 24.3 Å². The van der Waals surface area contributed by atoms with Crippen molar-refractivity contribution in [1.82, 2.24) is 5.32 Å². The van der Waals surface area contributed by atoms with Gasteiger partial charge in [-0.1, -0.05) is 15.9 Å². The van der Waals surface area contributed by atoms with Gasteiger partial charge in [0.15, 0.2) is 0 Å². The van der Waals surface area contributed by atoms with Gasteiger partial charge in [0, 0.05) is 4.47 Å². The minimum absolute atomic E-state index is 0.180. The zero-order valence-corrected chi connectivity index (χ0v) is 11.2. The second kappa shape index (κ2) is 6.76. The summed E-state index contributed by atoms with van der Waals surface area (Å²) in [6, 6.07) is 7.51. The van der Waals surface area contributed by atoms with Crippen molar-refractivity contribution in [2.45, 2.75) is 12.3 Å². The van der Waals surface area contributed by atoms with E-state index in [2.05, 4.69) is 21.2 Å². The maximum absolute atomic E-state index is 11.1. The number of halogens is 2. The standard InChI is InChI=1S/C11H13BrClNO2/c1-8(13)11(15)14-6-7-16-10-4-2-9(12)3-5-10/h2-5,8H,6-7H2,1H3,(H,14,15). The molecule has 0 aromatic heterocycles. The topological polar surface area (TPSA) is 38.3 Å². The van der Waals surface area contributed by atoms with Crippen molar-refractivity contribution in [2.75, 3.05) is 13.2 Å². The van der Waals surface area contributed by atoms with Gasteiger partial charge in [0.25, 0.3) is 0 Å². The van der Waals surface area contributed by atoms with Crippen molar-refractivity contribution in [3.63, 3.8) is 0 Å². The second-order valence-corrected chi connectivity index (χ2v) is 4.78. The minimum atomic E-state index is -0.507. The fourth-order valence-corrected chi connectivity index (χ4v) is 1.36. The fourth-order valence-electron chi connectivity index (χ4n) is 1.01. The van der Waals surface area contributed by atoms with Crippen LogP contribution in [0.25, 0.3) is 0 Å². The third kappa shape index (κ3) is 4.86. The molecule has 5 heteroatoms. The van der Waals surface area contributed by atoms with Gasteiger partial charge in [0.2, 0.25) is 5.91 Å². The molecule has 1 rings (SSSR count). The van der Waals surface area contributed by atoms with Gasteiger partial charge in [0.05, 0.1) is 6.54 Å². The van der Waals surface area contributed by atoms with Gasteiger partial charge in [-0.2, -0.15) is 0 Å². The molecule has 0 fully saturated rings. The molecule has 88 valence electrons. The zero-order chi connectivity index (χ0) is 12.0. The van der Waals surface area contributed by atoms with Gasteiger partial charge in [-0.25, -0.2) is 0 Å². The number of hydrogen-bond acceptors (Lipinski definition) is 2. The first-order valence-corrected chi connectivity index (χ1v) is 6.12. The molecule has 0 aliphatic heterocycles. The SMILES string of the molecule is CC(Cl)C(=O)NCCOc1ccc(Br)cc1. The van der Waals surface area contributed by atoms with Crippen molar-refractivity contribution < 1.29 is 9.53 Å². The van der Waals surface area contributed by atoms with Gasteiger partial charge < -0.3 is 10.1 Å². The summed E-state index contributed by atoms with van der Waals surface area (Å²) in [5.41, 5.74) is 0. The van der Waals surface area contributed by atoms with Crippen LogP contribution in [-0.4, -0.2) is 24.4 Å². The molecule has 0 spiro atoms. The third-order valence-corrected chi connectivity index (χ3v) is 2.57. The molecule has 3 nitrogen and oxygen atoms in total. The average molecular weight is 307 g/mol. The molecular formula is C11H13BrClNO2. The summed E-state index contributed by atoms with van der Waals surface area (Å²) in [5, 5.41) is 2.15. The molecule has 1 amide bonds. The van der Waals surface area contributed by atoms with E-state index in [0.717, 1.165) is 10.2 Å². The highest BCUT2D eigenvalue weighted by molar-refractivity contribution is 9.10. The Balaban J connectivity index is 2.21. The van der Waals surface area contributed by atoms with Crippen LogP contribution in [0.2, 0.25) is 0 Å². The minimum Gasteiger partial charge on any atom is -0.492 e. The number of hydrogen-bond donors (Lipinski definition) is 1. The molecule has 0 aliphatic carbocycles. The van der Waals surface area contributed by atoms with Crippen molar-refractivity contribution in [2.24, 2.45) is 0 Å². The Labute approximate surface area is 108 Å². The predicted octanol–water partition coefficient (Wildman–Crippen LogP) is 2.57. The third-order valence-electron chi connectivity index (χ3n) is 1.84. The van der Waals surface area contributed by atoms with Crippen LogP contribution < -0.4 is 10.1 Å². The summed E-state index contributed by atoms with van der Waals surface area (Å²) in [6.45, 7) is 2.51. The summed E-state index contributed by atoms with van der Waals surface area (Å²) in [7, 11) is 0. The predicted molar refractivity (Wildman–Crippen MR) is 68.0 cm³/mol. The van der Waals surface area contributed by atoms with Crippen molar-refractivity contribution in [1.29, 1.82) is 0 Å². The van der Waals surface area contributed by atoms with Crippen molar-refractivity contribution >= 4 is 33.4 Å². The van der Waals surface area contributed by atoms with Crippen LogP contribution in [0.1, 0.15) is 6.92 Å². The Bertz CT molecular complexity index is 340. The Hall–Kier alpha value is -0.740.